The Morgan fingerprint density at radius 1 is 1.48 bits per heavy atom. The topological polar surface area (TPSA) is 81.2 Å². The molecule has 3 N–H and O–H groups in total. The number of amides is 2. The summed E-state index contributed by atoms with van der Waals surface area (Å²) < 4.78 is 38.1. The molecule has 1 saturated heterocycles. The molecule has 0 unspecified atom stereocenters. The minimum atomic E-state index is -4.65. The summed E-state index contributed by atoms with van der Waals surface area (Å²) in [5, 5.41) is 19.0. The van der Waals surface area contributed by atoms with Crippen LogP contribution in [-0.4, -0.2) is 57.6 Å². The van der Waals surface area contributed by atoms with Crippen LogP contribution in [0.1, 0.15) is 30.5 Å². The number of alkyl halides is 3. The number of aromatic nitrogens is 2. The Balaban J connectivity index is 1.70. The predicted molar refractivity (Wildman–Crippen MR) is 76.9 cm³/mol. The zero-order chi connectivity index (χ0) is 17.1. The molecule has 1 aliphatic heterocycles. The van der Waals surface area contributed by atoms with E-state index in [-0.39, 0.29) is 13.1 Å². The molecule has 0 aliphatic carbocycles. The fourth-order valence-electron chi connectivity index (χ4n) is 2.58. The van der Waals surface area contributed by atoms with Gasteiger partial charge in [0.05, 0.1) is 6.20 Å². The van der Waals surface area contributed by atoms with Crippen molar-refractivity contribution in [1.82, 2.24) is 20.4 Å². The van der Waals surface area contributed by atoms with Crippen molar-refractivity contribution in [3.8, 4) is 0 Å². The van der Waals surface area contributed by atoms with E-state index in [1.165, 1.54) is 4.90 Å². The Morgan fingerprint density at radius 2 is 2.13 bits per heavy atom. The van der Waals surface area contributed by atoms with Gasteiger partial charge in [0.25, 0.3) is 0 Å². The fourth-order valence-corrected chi connectivity index (χ4v) is 2.58. The predicted octanol–water partition coefficient (Wildman–Crippen LogP) is 1.75. The van der Waals surface area contributed by atoms with Gasteiger partial charge in [-0.3, -0.25) is 5.10 Å². The number of aryl methyl sites for hydroxylation is 2. The van der Waals surface area contributed by atoms with E-state index in [0.29, 0.717) is 13.0 Å². The molecule has 0 bridgehead atoms. The van der Waals surface area contributed by atoms with Crippen molar-refractivity contribution in [2.45, 2.75) is 44.4 Å². The van der Waals surface area contributed by atoms with Crippen molar-refractivity contribution in [2.24, 2.45) is 0 Å². The number of urea groups is 1. The molecule has 1 aliphatic rings. The highest BCUT2D eigenvalue weighted by Crippen LogP contribution is 2.38. The number of aromatic amines is 1. The molecule has 2 heterocycles. The quantitative estimate of drug-likeness (QED) is 0.734. The van der Waals surface area contributed by atoms with Gasteiger partial charge in [-0.05, 0) is 25.3 Å². The van der Waals surface area contributed by atoms with Gasteiger partial charge in [-0.1, -0.05) is 0 Å². The van der Waals surface area contributed by atoms with Gasteiger partial charge in [-0.2, -0.15) is 18.3 Å². The number of H-pyrrole nitrogens is 1. The minimum Gasteiger partial charge on any atom is -0.380 e. The number of hydrogen-bond acceptors (Lipinski definition) is 3. The Bertz CT molecular complexity index is 536. The van der Waals surface area contributed by atoms with Crippen molar-refractivity contribution < 1.29 is 23.1 Å². The molecule has 0 spiro atoms. The van der Waals surface area contributed by atoms with E-state index in [1.807, 2.05) is 6.92 Å². The van der Waals surface area contributed by atoms with Gasteiger partial charge in [-0.25, -0.2) is 4.79 Å². The molecular formula is C14H21F3N4O2. The Kier molecular flexibility index (Phi) is 5.18. The van der Waals surface area contributed by atoms with E-state index in [2.05, 4.69) is 15.5 Å². The maximum Gasteiger partial charge on any atom is 0.417 e. The molecule has 1 fully saturated rings. The number of likely N-dealkylation sites (tertiary alicyclic amines) is 1. The number of carbonyl (C=O) groups is 1. The number of piperidine rings is 1. The fraction of sp³-hybridized carbons (Fsp3) is 0.714. The van der Waals surface area contributed by atoms with Crippen LogP contribution in [0.3, 0.4) is 0 Å². The molecular weight excluding hydrogens is 313 g/mol. The van der Waals surface area contributed by atoms with Crippen molar-refractivity contribution in [3.05, 3.63) is 17.5 Å². The first kappa shape index (κ1) is 17.6. The maximum atomic E-state index is 12.7. The Labute approximate surface area is 132 Å². The lowest BCUT2D eigenvalue weighted by atomic mass is 9.91. The Hall–Kier alpha value is -1.77. The third-order valence-electron chi connectivity index (χ3n) is 4.24. The standard InChI is InChI=1S/C14H21F3N4O2/c1-10-11(9-19-20-10)3-2-6-18-12(22)21-7-4-13(23,5-8-21)14(15,16)17/h9,23H,2-8H2,1H3,(H,18,22)(H,19,20). The van der Waals surface area contributed by atoms with Crippen LogP contribution in [0.2, 0.25) is 0 Å². The number of rotatable bonds is 4. The summed E-state index contributed by atoms with van der Waals surface area (Å²) in [5.41, 5.74) is -0.617. The van der Waals surface area contributed by atoms with Gasteiger partial charge in [0.15, 0.2) is 5.60 Å². The van der Waals surface area contributed by atoms with Gasteiger partial charge >= 0.3 is 12.2 Å². The monoisotopic (exact) mass is 334 g/mol. The molecule has 9 heteroatoms. The molecule has 0 atom stereocenters. The lowest BCUT2D eigenvalue weighted by molar-refractivity contribution is -0.271. The molecule has 0 radical (unpaired) electrons. The van der Waals surface area contributed by atoms with E-state index in [1.54, 1.807) is 6.20 Å². The number of carbonyl (C=O) groups excluding carboxylic acids is 1. The summed E-state index contributed by atoms with van der Waals surface area (Å²) in [7, 11) is 0. The van der Waals surface area contributed by atoms with E-state index in [9.17, 15) is 23.1 Å². The van der Waals surface area contributed by atoms with Crippen LogP contribution < -0.4 is 5.32 Å². The highest BCUT2D eigenvalue weighted by Gasteiger charge is 2.54. The van der Waals surface area contributed by atoms with Crippen LogP contribution in [-0.2, 0) is 6.42 Å². The van der Waals surface area contributed by atoms with Crippen LogP contribution >= 0.6 is 0 Å². The van der Waals surface area contributed by atoms with Gasteiger partial charge in [0.1, 0.15) is 0 Å². The van der Waals surface area contributed by atoms with Crippen LogP contribution in [0.25, 0.3) is 0 Å². The van der Waals surface area contributed by atoms with E-state index < -0.39 is 30.7 Å². The summed E-state index contributed by atoms with van der Waals surface area (Å²) in [6.07, 6.45) is -2.42. The number of nitrogens with one attached hydrogen (secondary N) is 2. The zero-order valence-corrected chi connectivity index (χ0v) is 12.9. The van der Waals surface area contributed by atoms with E-state index in [4.69, 9.17) is 0 Å². The van der Waals surface area contributed by atoms with Crippen molar-refractivity contribution >= 4 is 6.03 Å². The van der Waals surface area contributed by atoms with Crippen molar-refractivity contribution in [2.75, 3.05) is 19.6 Å². The minimum absolute atomic E-state index is 0.108. The lowest BCUT2D eigenvalue weighted by Gasteiger charge is -2.39. The Morgan fingerprint density at radius 3 is 2.65 bits per heavy atom. The largest absolute Gasteiger partial charge is 0.417 e. The average molecular weight is 334 g/mol. The van der Waals surface area contributed by atoms with Gasteiger partial charge < -0.3 is 15.3 Å². The average Bonchev–Trinajstić information content (AvgIpc) is 2.88. The molecule has 2 amide bonds. The number of nitrogens with zero attached hydrogens (tertiary/aromatic N) is 2. The molecule has 1 aromatic rings. The van der Waals surface area contributed by atoms with Crippen molar-refractivity contribution in [1.29, 1.82) is 0 Å². The molecule has 23 heavy (non-hydrogen) atoms. The first-order valence-corrected chi connectivity index (χ1v) is 7.54. The van der Waals surface area contributed by atoms with Gasteiger partial charge in [0, 0.05) is 38.2 Å². The van der Waals surface area contributed by atoms with Crippen LogP contribution in [0.4, 0.5) is 18.0 Å². The molecule has 6 nitrogen and oxygen atoms in total. The molecule has 1 aromatic heterocycles. The van der Waals surface area contributed by atoms with Gasteiger partial charge in [-0.15, -0.1) is 0 Å². The highest BCUT2D eigenvalue weighted by atomic mass is 19.4. The smallest absolute Gasteiger partial charge is 0.380 e. The van der Waals surface area contributed by atoms with Gasteiger partial charge in [0.2, 0.25) is 0 Å². The van der Waals surface area contributed by atoms with Crippen LogP contribution in [0, 0.1) is 6.92 Å². The third-order valence-corrected chi connectivity index (χ3v) is 4.24. The van der Waals surface area contributed by atoms with E-state index in [0.717, 1.165) is 17.7 Å². The van der Waals surface area contributed by atoms with Crippen LogP contribution in [0.5, 0.6) is 0 Å². The number of hydrogen-bond donors (Lipinski definition) is 3. The summed E-state index contributed by atoms with van der Waals surface area (Å²) in [6.45, 7) is 2.13. The molecule has 0 aromatic carbocycles. The number of aliphatic hydroxyl groups is 1. The normalized spacial score (nSPS) is 18.0. The highest BCUT2D eigenvalue weighted by molar-refractivity contribution is 5.74. The first-order valence-electron chi connectivity index (χ1n) is 7.54. The van der Waals surface area contributed by atoms with Crippen molar-refractivity contribution in [3.63, 3.8) is 0 Å². The second-order valence-corrected chi connectivity index (χ2v) is 5.87. The summed E-state index contributed by atoms with van der Waals surface area (Å²) in [5.74, 6) is 0. The summed E-state index contributed by atoms with van der Waals surface area (Å²) in [6, 6.07) is -0.391. The molecule has 0 saturated carbocycles. The SMILES string of the molecule is Cc1[nH]ncc1CCCNC(=O)N1CCC(O)(C(F)(F)F)CC1. The summed E-state index contributed by atoms with van der Waals surface area (Å²) >= 11 is 0. The molecule has 2 rings (SSSR count). The first-order chi connectivity index (χ1) is 10.7. The number of halogens is 3. The van der Waals surface area contributed by atoms with E-state index >= 15 is 0 Å². The second kappa shape index (κ2) is 6.77. The third kappa shape index (κ3) is 4.15. The molecule has 130 valence electrons. The zero-order valence-electron chi connectivity index (χ0n) is 12.9. The second-order valence-electron chi connectivity index (χ2n) is 5.87. The van der Waals surface area contributed by atoms with Crippen LogP contribution in [0.15, 0.2) is 6.20 Å². The maximum absolute atomic E-state index is 12.7. The summed E-state index contributed by atoms with van der Waals surface area (Å²) in [4.78, 5) is 13.2. The lowest BCUT2D eigenvalue weighted by Crippen LogP contribution is -2.55.